The van der Waals surface area contributed by atoms with E-state index in [-0.39, 0.29) is 11.4 Å². The number of nitrogens with zero attached hydrogens (tertiary/aromatic N) is 1. The van der Waals surface area contributed by atoms with Gasteiger partial charge in [-0.2, -0.15) is 12.7 Å². The zero-order valence-electron chi connectivity index (χ0n) is 15.5. The molecule has 0 aromatic heterocycles. The van der Waals surface area contributed by atoms with E-state index in [4.69, 9.17) is 0 Å². The average molecular weight is 390 g/mol. The van der Waals surface area contributed by atoms with E-state index in [1.165, 1.54) is 23.6 Å². The second kappa shape index (κ2) is 6.29. The molecule has 6 nitrogen and oxygen atoms in total. The van der Waals surface area contributed by atoms with E-state index in [0.29, 0.717) is 25.2 Å². The fraction of sp³-hybridized carbons (Fsp3) is 0.650. The van der Waals surface area contributed by atoms with Crippen LogP contribution < -0.4 is 10.0 Å². The van der Waals surface area contributed by atoms with Crippen molar-refractivity contribution in [3.05, 3.63) is 35.4 Å². The second-order valence-corrected chi connectivity index (χ2v) is 10.8. The highest BCUT2D eigenvalue weighted by Gasteiger charge is 2.51. The minimum Gasteiger partial charge on any atom is -0.347 e. The van der Waals surface area contributed by atoms with E-state index >= 15 is 0 Å². The van der Waals surface area contributed by atoms with Crippen LogP contribution in [-0.4, -0.2) is 37.3 Å². The number of carbonyl (C=O) groups excluding carboxylic acids is 1. The third-order valence-corrected chi connectivity index (χ3v) is 8.54. The molecule has 1 heterocycles. The van der Waals surface area contributed by atoms with Gasteiger partial charge in [0, 0.05) is 30.7 Å². The van der Waals surface area contributed by atoms with Crippen molar-refractivity contribution in [2.45, 2.75) is 50.6 Å². The van der Waals surface area contributed by atoms with Gasteiger partial charge in [-0.3, -0.25) is 4.79 Å². The molecule has 5 fully saturated rings. The molecule has 0 atom stereocenters. The molecule has 1 aromatic carbocycles. The number of amides is 1. The van der Waals surface area contributed by atoms with Gasteiger partial charge in [-0.05, 0) is 74.0 Å². The fourth-order valence-corrected chi connectivity index (χ4v) is 7.40. The zero-order chi connectivity index (χ0) is 18.6. The van der Waals surface area contributed by atoms with Crippen LogP contribution in [0.4, 0.5) is 0 Å². The van der Waals surface area contributed by atoms with E-state index < -0.39 is 10.2 Å². The van der Waals surface area contributed by atoms with E-state index in [9.17, 15) is 13.2 Å². The first-order valence-corrected chi connectivity index (χ1v) is 11.5. The van der Waals surface area contributed by atoms with Gasteiger partial charge in [-0.25, -0.2) is 4.72 Å². The van der Waals surface area contributed by atoms with Crippen LogP contribution in [0.2, 0.25) is 0 Å². The smallest absolute Gasteiger partial charge is 0.279 e. The maximum atomic E-state index is 12.9. The highest BCUT2D eigenvalue weighted by Crippen LogP contribution is 2.55. The molecule has 1 aliphatic heterocycles. The molecule has 6 rings (SSSR count). The molecule has 4 aliphatic carbocycles. The topological polar surface area (TPSA) is 78.5 Å². The summed E-state index contributed by atoms with van der Waals surface area (Å²) in [4.78, 5) is 12.9. The second-order valence-electron chi connectivity index (χ2n) is 9.08. The van der Waals surface area contributed by atoms with E-state index in [1.807, 2.05) is 24.3 Å². The molecule has 2 N–H and O–H groups in total. The molecule has 4 bridgehead atoms. The van der Waals surface area contributed by atoms with Crippen molar-refractivity contribution in [3.8, 4) is 0 Å². The standard InChI is InChI=1S/C20H27N3O3S/c24-19(22-20-10-15-7-16(11-20)9-17(8-15)12-20)18-3-1-14(2-4-18)13-23-6-5-21-27(23,25)26/h1-4,15-17,21H,5-13H2,(H,22,24). The predicted octanol–water partition coefficient (Wildman–Crippen LogP) is 2.04. The van der Waals surface area contributed by atoms with Crippen LogP contribution in [-0.2, 0) is 16.8 Å². The largest absolute Gasteiger partial charge is 0.347 e. The van der Waals surface area contributed by atoms with Gasteiger partial charge in [0.1, 0.15) is 0 Å². The van der Waals surface area contributed by atoms with E-state index in [0.717, 1.165) is 42.6 Å². The molecule has 27 heavy (non-hydrogen) atoms. The molecule has 1 amide bonds. The van der Waals surface area contributed by atoms with Gasteiger partial charge >= 0.3 is 0 Å². The normalized spacial score (nSPS) is 36.8. The van der Waals surface area contributed by atoms with Crippen LogP contribution in [0.1, 0.15) is 54.4 Å². The monoisotopic (exact) mass is 389 g/mol. The Morgan fingerprint density at radius 2 is 1.67 bits per heavy atom. The Morgan fingerprint density at radius 1 is 1.07 bits per heavy atom. The molecule has 0 radical (unpaired) electrons. The number of hydrogen-bond donors (Lipinski definition) is 2. The number of carbonyl (C=O) groups is 1. The third kappa shape index (κ3) is 3.30. The Bertz CT molecular complexity index is 814. The van der Waals surface area contributed by atoms with Crippen molar-refractivity contribution in [3.63, 3.8) is 0 Å². The molecular formula is C20H27N3O3S. The molecular weight excluding hydrogens is 362 g/mol. The van der Waals surface area contributed by atoms with Gasteiger partial charge < -0.3 is 5.32 Å². The van der Waals surface area contributed by atoms with Gasteiger partial charge in [0.05, 0.1) is 0 Å². The minimum absolute atomic E-state index is 0.0129. The molecule has 146 valence electrons. The van der Waals surface area contributed by atoms with Gasteiger partial charge in [0.2, 0.25) is 0 Å². The molecule has 1 aromatic rings. The summed E-state index contributed by atoms with van der Waals surface area (Å²) < 4.78 is 27.6. The zero-order valence-corrected chi connectivity index (χ0v) is 16.3. The van der Waals surface area contributed by atoms with Crippen molar-refractivity contribution in [2.75, 3.05) is 13.1 Å². The summed E-state index contributed by atoms with van der Waals surface area (Å²) in [5, 5.41) is 3.39. The van der Waals surface area contributed by atoms with Crippen molar-refractivity contribution >= 4 is 16.1 Å². The molecule has 0 unspecified atom stereocenters. The first kappa shape index (κ1) is 17.6. The quantitative estimate of drug-likeness (QED) is 0.827. The van der Waals surface area contributed by atoms with E-state index in [1.54, 1.807) is 0 Å². The van der Waals surface area contributed by atoms with Gasteiger partial charge in [0.15, 0.2) is 0 Å². The van der Waals surface area contributed by atoms with Gasteiger partial charge in [0.25, 0.3) is 16.1 Å². The highest BCUT2D eigenvalue weighted by atomic mass is 32.2. The Balaban J connectivity index is 1.26. The van der Waals surface area contributed by atoms with Crippen LogP contribution in [0, 0.1) is 17.8 Å². The first-order valence-electron chi connectivity index (χ1n) is 10.1. The van der Waals surface area contributed by atoms with Crippen LogP contribution in [0.3, 0.4) is 0 Å². The van der Waals surface area contributed by atoms with Crippen molar-refractivity contribution < 1.29 is 13.2 Å². The molecule has 5 aliphatic rings. The van der Waals surface area contributed by atoms with Gasteiger partial charge in [-0.1, -0.05) is 12.1 Å². The Morgan fingerprint density at radius 3 is 2.19 bits per heavy atom. The van der Waals surface area contributed by atoms with Crippen molar-refractivity contribution in [1.29, 1.82) is 0 Å². The number of benzene rings is 1. The maximum Gasteiger partial charge on any atom is 0.279 e. The first-order chi connectivity index (χ1) is 12.9. The van der Waals surface area contributed by atoms with Crippen molar-refractivity contribution in [2.24, 2.45) is 17.8 Å². The summed E-state index contributed by atoms with van der Waals surface area (Å²) in [7, 11) is -3.34. The number of hydrogen-bond acceptors (Lipinski definition) is 3. The molecule has 1 saturated heterocycles. The van der Waals surface area contributed by atoms with E-state index in [2.05, 4.69) is 10.0 Å². The van der Waals surface area contributed by atoms with Crippen LogP contribution >= 0.6 is 0 Å². The molecule has 4 saturated carbocycles. The molecule has 0 spiro atoms. The summed E-state index contributed by atoms with van der Waals surface area (Å²) in [6.07, 6.45) is 7.50. The lowest BCUT2D eigenvalue weighted by Crippen LogP contribution is -2.59. The van der Waals surface area contributed by atoms with Crippen LogP contribution in [0.15, 0.2) is 24.3 Å². The lowest BCUT2D eigenvalue weighted by molar-refractivity contribution is -0.0167. The SMILES string of the molecule is O=C(NC12CC3CC(CC(C3)C1)C2)c1ccc(CN2CCNS2(=O)=O)cc1. The van der Waals surface area contributed by atoms with Crippen LogP contribution in [0.5, 0.6) is 0 Å². The highest BCUT2D eigenvalue weighted by molar-refractivity contribution is 7.87. The Labute approximate surface area is 160 Å². The summed E-state index contributed by atoms with van der Waals surface area (Å²) >= 11 is 0. The Kier molecular flexibility index (Phi) is 4.11. The summed E-state index contributed by atoms with van der Waals surface area (Å²) in [6.45, 7) is 1.27. The number of nitrogens with one attached hydrogen (secondary N) is 2. The lowest BCUT2D eigenvalue weighted by Gasteiger charge is -2.56. The lowest BCUT2D eigenvalue weighted by atomic mass is 9.53. The third-order valence-electron chi connectivity index (χ3n) is 6.98. The maximum absolute atomic E-state index is 12.9. The predicted molar refractivity (Wildman–Crippen MR) is 102 cm³/mol. The van der Waals surface area contributed by atoms with Gasteiger partial charge in [-0.15, -0.1) is 0 Å². The number of rotatable bonds is 4. The Hall–Kier alpha value is -1.44. The molecule has 7 heteroatoms. The minimum atomic E-state index is -3.34. The summed E-state index contributed by atoms with van der Waals surface area (Å²) in [5.74, 6) is 2.42. The van der Waals surface area contributed by atoms with Crippen molar-refractivity contribution in [1.82, 2.24) is 14.3 Å². The fourth-order valence-electron chi connectivity index (χ4n) is 6.22. The summed E-state index contributed by atoms with van der Waals surface area (Å²) in [5.41, 5.74) is 1.57. The average Bonchev–Trinajstić information content (AvgIpc) is 2.92. The summed E-state index contributed by atoms with van der Waals surface area (Å²) in [6, 6.07) is 7.37. The van der Waals surface area contributed by atoms with Crippen LogP contribution in [0.25, 0.3) is 0 Å².